The predicted octanol–water partition coefficient (Wildman–Crippen LogP) is 3.55. The van der Waals surface area contributed by atoms with Gasteiger partial charge in [0.15, 0.2) is 5.16 Å². The van der Waals surface area contributed by atoms with Crippen LogP contribution in [0.1, 0.15) is 22.5 Å². The molecule has 1 aromatic carbocycles. The number of esters is 1. The van der Waals surface area contributed by atoms with Crippen LogP contribution in [0.25, 0.3) is 5.57 Å². The number of carbonyl (C=O) groups excluding carboxylic acids is 1. The number of aryl methyl sites for hydroxylation is 2. The van der Waals surface area contributed by atoms with E-state index in [1.807, 2.05) is 44.2 Å². The van der Waals surface area contributed by atoms with Crippen LogP contribution in [0.4, 0.5) is 0 Å². The molecule has 0 atom stereocenters. The van der Waals surface area contributed by atoms with E-state index in [0.29, 0.717) is 11.3 Å². The Labute approximate surface area is 146 Å². The van der Waals surface area contributed by atoms with Gasteiger partial charge in [0.25, 0.3) is 0 Å². The van der Waals surface area contributed by atoms with E-state index in [1.54, 1.807) is 0 Å². The van der Waals surface area contributed by atoms with Gasteiger partial charge in [-0.05, 0) is 31.0 Å². The van der Waals surface area contributed by atoms with E-state index in [2.05, 4.69) is 9.97 Å². The summed E-state index contributed by atoms with van der Waals surface area (Å²) in [6, 6.07) is 9.60. The molecule has 0 saturated heterocycles. The summed E-state index contributed by atoms with van der Waals surface area (Å²) < 4.78 is 9.89. The smallest absolute Gasteiger partial charge is 0.341 e. The van der Waals surface area contributed by atoms with Crippen LogP contribution < -0.4 is 0 Å². The summed E-state index contributed by atoms with van der Waals surface area (Å²) in [4.78, 5) is 20.9. The Morgan fingerprint density at radius 2 is 1.83 bits per heavy atom. The van der Waals surface area contributed by atoms with Crippen molar-refractivity contribution in [1.82, 2.24) is 9.97 Å². The van der Waals surface area contributed by atoms with Gasteiger partial charge < -0.3 is 9.47 Å². The Morgan fingerprint density at radius 3 is 2.46 bits per heavy atom. The molecule has 5 nitrogen and oxygen atoms in total. The highest BCUT2D eigenvalue weighted by Crippen LogP contribution is 2.27. The second-order valence-electron chi connectivity index (χ2n) is 5.14. The summed E-state index contributed by atoms with van der Waals surface area (Å²) in [5.74, 6) is 0.203. The number of nitrogens with zero attached hydrogens (tertiary/aromatic N) is 2. The van der Waals surface area contributed by atoms with Crippen LogP contribution in [-0.4, -0.2) is 30.2 Å². The largest absolute Gasteiger partial charge is 0.503 e. The van der Waals surface area contributed by atoms with Gasteiger partial charge in [0.2, 0.25) is 0 Å². The maximum atomic E-state index is 12.0. The van der Waals surface area contributed by atoms with Gasteiger partial charge in [-0.1, -0.05) is 36.0 Å². The van der Waals surface area contributed by atoms with Crippen molar-refractivity contribution < 1.29 is 14.3 Å². The number of methoxy groups -OCH3 is 2. The summed E-state index contributed by atoms with van der Waals surface area (Å²) in [5, 5.41) is 0.720. The van der Waals surface area contributed by atoms with E-state index in [9.17, 15) is 4.79 Å². The van der Waals surface area contributed by atoms with Gasteiger partial charge in [-0.15, -0.1) is 0 Å². The van der Waals surface area contributed by atoms with Crippen LogP contribution in [0.2, 0.25) is 0 Å². The molecule has 1 aromatic heterocycles. The lowest BCUT2D eigenvalue weighted by Crippen LogP contribution is -2.06. The Balaban J connectivity index is 2.28. The van der Waals surface area contributed by atoms with Crippen molar-refractivity contribution in [2.24, 2.45) is 0 Å². The number of hydrogen-bond acceptors (Lipinski definition) is 6. The fourth-order valence-corrected chi connectivity index (χ4v) is 3.21. The zero-order valence-corrected chi connectivity index (χ0v) is 15.0. The van der Waals surface area contributed by atoms with Crippen LogP contribution in [0.15, 0.2) is 41.8 Å². The number of thioether (sulfide) groups is 1. The van der Waals surface area contributed by atoms with Gasteiger partial charge in [0.05, 0.1) is 20.5 Å². The molecule has 0 spiro atoms. The fraction of sp³-hybridized carbons (Fsp3) is 0.278. The first kappa shape index (κ1) is 18.0. The molecule has 2 aromatic rings. The maximum absolute atomic E-state index is 12.0. The number of ether oxygens (including phenoxy) is 2. The lowest BCUT2D eigenvalue weighted by Gasteiger charge is -2.11. The Morgan fingerprint density at radius 1 is 1.17 bits per heavy atom. The van der Waals surface area contributed by atoms with E-state index >= 15 is 0 Å². The molecule has 126 valence electrons. The average Bonchev–Trinajstić information content (AvgIpc) is 2.57. The van der Waals surface area contributed by atoms with Crippen molar-refractivity contribution in [3.63, 3.8) is 0 Å². The van der Waals surface area contributed by atoms with Crippen LogP contribution >= 0.6 is 11.8 Å². The van der Waals surface area contributed by atoms with E-state index in [-0.39, 0.29) is 0 Å². The number of carbonyl (C=O) groups is 1. The molecule has 0 bridgehead atoms. The molecule has 0 fully saturated rings. The molecule has 2 rings (SSSR count). The first-order valence-electron chi connectivity index (χ1n) is 7.39. The number of benzene rings is 1. The molecule has 0 aliphatic heterocycles. The number of rotatable bonds is 6. The molecule has 0 saturated carbocycles. The predicted molar refractivity (Wildman–Crippen MR) is 94.5 cm³/mol. The minimum Gasteiger partial charge on any atom is -0.503 e. The lowest BCUT2D eigenvalue weighted by molar-refractivity contribution is -0.133. The SMILES string of the molecule is CO/C=C(/C(=O)OC)c1ccccc1CSc1nc(C)cc(C)n1. The third kappa shape index (κ3) is 4.58. The van der Waals surface area contributed by atoms with Crippen molar-refractivity contribution in [1.29, 1.82) is 0 Å². The van der Waals surface area contributed by atoms with Crippen molar-refractivity contribution in [2.75, 3.05) is 14.2 Å². The Hall–Kier alpha value is -2.34. The first-order chi connectivity index (χ1) is 11.5. The standard InChI is InChI=1S/C18H20N2O3S/c1-12-9-13(2)20-18(19-12)24-11-14-7-5-6-8-15(14)16(10-22-3)17(21)23-4/h5-10H,11H2,1-4H3/b16-10+. The molecular formula is C18H20N2O3S. The fourth-order valence-electron chi connectivity index (χ4n) is 2.26. The highest BCUT2D eigenvalue weighted by Gasteiger charge is 2.17. The zero-order chi connectivity index (χ0) is 17.5. The van der Waals surface area contributed by atoms with E-state index in [1.165, 1.54) is 32.2 Å². The van der Waals surface area contributed by atoms with Crippen LogP contribution in [0.5, 0.6) is 0 Å². The van der Waals surface area contributed by atoms with Crippen LogP contribution in [0.3, 0.4) is 0 Å². The number of hydrogen-bond donors (Lipinski definition) is 0. The number of aromatic nitrogens is 2. The van der Waals surface area contributed by atoms with E-state index in [4.69, 9.17) is 9.47 Å². The lowest BCUT2D eigenvalue weighted by atomic mass is 10.0. The quantitative estimate of drug-likeness (QED) is 0.263. The molecular weight excluding hydrogens is 324 g/mol. The monoisotopic (exact) mass is 344 g/mol. The molecule has 0 aliphatic rings. The highest BCUT2D eigenvalue weighted by atomic mass is 32.2. The Kier molecular flexibility index (Phi) is 6.37. The Bertz CT molecular complexity index is 739. The molecule has 6 heteroatoms. The third-order valence-electron chi connectivity index (χ3n) is 3.27. The topological polar surface area (TPSA) is 61.3 Å². The van der Waals surface area contributed by atoms with Crippen molar-refractivity contribution >= 4 is 23.3 Å². The van der Waals surface area contributed by atoms with Crippen molar-refractivity contribution in [2.45, 2.75) is 24.8 Å². The first-order valence-corrected chi connectivity index (χ1v) is 8.38. The molecule has 0 radical (unpaired) electrons. The molecule has 24 heavy (non-hydrogen) atoms. The summed E-state index contributed by atoms with van der Waals surface area (Å²) in [7, 11) is 2.86. The van der Waals surface area contributed by atoms with Gasteiger partial charge in [0, 0.05) is 17.1 Å². The summed E-state index contributed by atoms with van der Waals surface area (Å²) in [6.45, 7) is 3.90. The van der Waals surface area contributed by atoms with Crippen molar-refractivity contribution in [3.8, 4) is 0 Å². The molecule has 0 N–H and O–H groups in total. The average molecular weight is 344 g/mol. The summed E-state index contributed by atoms with van der Waals surface area (Å²) in [6.07, 6.45) is 1.41. The van der Waals surface area contributed by atoms with E-state index in [0.717, 1.165) is 27.7 Å². The normalized spacial score (nSPS) is 11.2. The minimum absolute atomic E-state index is 0.387. The molecule has 0 unspecified atom stereocenters. The third-order valence-corrected chi connectivity index (χ3v) is 4.16. The van der Waals surface area contributed by atoms with Crippen LogP contribution in [-0.2, 0) is 20.0 Å². The van der Waals surface area contributed by atoms with Crippen LogP contribution in [0, 0.1) is 13.8 Å². The second kappa shape index (κ2) is 8.49. The second-order valence-corrected chi connectivity index (χ2v) is 6.08. The van der Waals surface area contributed by atoms with Crippen molar-refractivity contribution in [3.05, 3.63) is 59.1 Å². The summed E-state index contributed by atoms with van der Waals surface area (Å²) in [5.41, 5.74) is 4.03. The minimum atomic E-state index is -0.433. The maximum Gasteiger partial charge on any atom is 0.341 e. The van der Waals surface area contributed by atoms with E-state index < -0.39 is 5.97 Å². The van der Waals surface area contributed by atoms with Gasteiger partial charge in [0.1, 0.15) is 5.57 Å². The highest BCUT2D eigenvalue weighted by molar-refractivity contribution is 7.98. The van der Waals surface area contributed by atoms with Gasteiger partial charge in [-0.2, -0.15) is 0 Å². The van der Waals surface area contributed by atoms with Gasteiger partial charge >= 0.3 is 5.97 Å². The van der Waals surface area contributed by atoms with Gasteiger partial charge in [-0.25, -0.2) is 14.8 Å². The van der Waals surface area contributed by atoms with Gasteiger partial charge in [-0.3, -0.25) is 0 Å². The molecule has 1 heterocycles. The zero-order valence-electron chi connectivity index (χ0n) is 14.2. The molecule has 0 aliphatic carbocycles. The summed E-state index contributed by atoms with van der Waals surface area (Å²) >= 11 is 1.53. The molecule has 0 amide bonds.